The summed E-state index contributed by atoms with van der Waals surface area (Å²) >= 11 is 11.7. The molecule has 3 rings (SSSR count). The van der Waals surface area contributed by atoms with Crippen molar-refractivity contribution in [2.75, 3.05) is 5.32 Å². The molecular formula is C16H12Cl2N2O2. The maximum absolute atomic E-state index is 12.2. The molecule has 0 bridgehead atoms. The fourth-order valence-electron chi connectivity index (χ4n) is 2.23. The third kappa shape index (κ3) is 2.95. The summed E-state index contributed by atoms with van der Waals surface area (Å²) in [6, 6.07) is 11.9. The van der Waals surface area contributed by atoms with Gasteiger partial charge in [-0.3, -0.25) is 4.79 Å². The van der Waals surface area contributed by atoms with Gasteiger partial charge in [0, 0.05) is 38.4 Å². The van der Waals surface area contributed by atoms with Crippen molar-refractivity contribution >= 4 is 45.7 Å². The highest BCUT2D eigenvalue weighted by molar-refractivity contribution is 6.31. The van der Waals surface area contributed by atoms with Crippen molar-refractivity contribution in [2.24, 2.45) is 0 Å². The molecule has 112 valence electrons. The third-order valence-corrected chi connectivity index (χ3v) is 3.82. The number of nitrogens with one attached hydrogen (secondary N) is 2. The predicted octanol–water partition coefficient (Wildman–Crippen LogP) is 4.15. The van der Waals surface area contributed by atoms with Gasteiger partial charge < -0.3 is 15.4 Å². The van der Waals surface area contributed by atoms with Gasteiger partial charge in [0.25, 0.3) is 5.91 Å². The molecular weight excluding hydrogens is 323 g/mol. The average Bonchev–Trinajstić information content (AvgIpc) is 2.91. The lowest BCUT2D eigenvalue weighted by molar-refractivity contribution is -0.124. The largest absolute Gasteiger partial charge is 0.378 e. The normalized spacial score (nSPS) is 12.3. The smallest absolute Gasteiger partial charge is 0.257 e. The van der Waals surface area contributed by atoms with Gasteiger partial charge in [0.1, 0.15) is 0 Å². The van der Waals surface area contributed by atoms with E-state index < -0.39 is 12.0 Å². The first-order valence-electron chi connectivity index (χ1n) is 6.55. The van der Waals surface area contributed by atoms with Crippen LogP contribution in [0, 0.1) is 0 Å². The zero-order valence-electron chi connectivity index (χ0n) is 11.3. The molecule has 22 heavy (non-hydrogen) atoms. The van der Waals surface area contributed by atoms with Gasteiger partial charge in [0.05, 0.1) is 0 Å². The lowest BCUT2D eigenvalue weighted by atomic mass is 10.1. The van der Waals surface area contributed by atoms with Crippen LogP contribution >= 0.6 is 23.2 Å². The Morgan fingerprint density at radius 1 is 1.09 bits per heavy atom. The van der Waals surface area contributed by atoms with E-state index >= 15 is 0 Å². The highest BCUT2D eigenvalue weighted by atomic mass is 35.5. The number of aliphatic hydroxyl groups excluding tert-OH is 1. The van der Waals surface area contributed by atoms with E-state index in [4.69, 9.17) is 23.2 Å². The number of amides is 1. The minimum absolute atomic E-state index is 0.498. The summed E-state index contributed by atoms with van der Waals surface area (Å²) in [6.07, 6.45) is 0.318. The van der Waals surface area contributed by atoms with E-state index in [0.717, 1.165) is 10.9 Å². The summed E-state index contributed by atoms with van der Waals surface area (Å²) in [7, 11) is 0. The van der Waals surface area contributed by atoms with Crippen LogP contribution in [0.15, 0.2) is 48.7 Å². The third-order valence-electron chi connectivity index (χ3n) is 3.33. The molecule has 1 aromatic heterocycles. The maximum atomic E-state index is 12.2. The number of H-pyrrole nitrogens is 1. The van der Waals surface area contributed by atoms with Crippen molar-refractivity contribution in [1.29, 1.82) is 0 Å². The number of hydrogen-bond acceptors (Lipinski definition) is 2. The SMILES string of the molecule is O=C(Nc1ccc(Cl)cc1)C(O)c1c[nH]c2cc(Cl)ccc12. The average molecular weight is 335 g/mol. The number of hydrogen-bond donors (Lipinski definition) is 3. The van der Waals surface area contributed by atoms with E-state index in [1.54, 1.807) is 48.7 Å². The maximum Gasteiger partial charge on any atom is 0.257 e. The highest BCUT2D eigenvalue weighted by Gasteiger charge is 2.21. The summed E-state index contributed by atoms with van der Waals surface area (Å²) in [5, 5.41) is 14.8. The van der Waals surface area contributed by atoms with Gasteiger partial charge in [0.15, 0.2) is 6.10 Å². The van der Waals surface area contributed by atoms with Gasteiger partial charge in [-0.2, -0.15) is 0 Å². The van der Waals surface area contributed by atoms with Gasteiger partial charge >= 0.3 is 0 Å². The predicted molar refractivity (Wildman–Crippen MR) is 88.4 cm³/mol. The van der Waals surface area contributed by atoms with Gasteiger partial charge in [-0.25, -0.2) is 0 Å². The highest BCUT2D eigenvalue weighted by Crippen LogP contribution is 2.27. The van der Waals surface area contributed by atoms with E-state index in [1.807, 2.05) is 0 Å². The first kappa shape index (κ1) is 14.9. The number of aromatic amines is 1. The second kappa shape index (κ2) is 6.01. The molecule has 1 unspecified atom stereocenters. The number of rotatable bonds is 3. The lowest BCUT2D eigenvalue weighted by Crippen LogP contribution is -2.20. The minimum atomic E-state index is -1.29. The molecule has 0 radical (unpaired) electrons. The van der Waals surface area contributed by atoms with Crippen LogP contribution in [0.2, 0.25) is 10.0 Å². The first-order valence-corrected chi connectivity index (χ1v) is 7.31. The molecule has 4 nitrogen and oxygen atoms in total. The number of anilines is 1. The molecule has 1 heterocycles. The topological polar surface area (TPSA) is 65.1 Å². The summed E-state index contributed by atoms with van der Waals surface area (Å²) in [4.78, 5) is 15.2. The van der Waals surface area contributed by atoms with Crippen molar-refractivity contribution in [3.8, 4) is 0 Å². The second-order valence-electron chi connectivity index (χ2n) is 4.83. The van der Waals surface area contributed by atoms with Crippen molar-refractivity contribution < 1.29 is 9.90 Å². The molecule has 0 aliphatic carbocycles. The Balaban J connectivity index is 1.84. The van der Waals surface area contributed by atoms with Gasteiger partial charge in [-0.05, 0) is 36.4 Å². The molecule has 0 spiro atoms. The van der Waals surface area contributed by atoms with Crippen molar-refractivity contribution in [3.05, 3.63) is 64.3 Å². The second-order valence-corrected chi connectivity index (χ2v) is 5.71. The molecule has 1 atom stereocenters. The monoisotopic (exact) mass is 334 g/mol. The molecule has 6 heteroatoms. The number of aliphatic hydroxyl groups is 1. The number of aromatic nitrogens is 1. The van der Waals surface area contributed by atoms with E-state index in [-0.39, 0.29) is 0 Å². The number of fused-ring (bicyclic) bond motifs is 1. The zero-order chi connectivity index (χ0) is 15.7. The van der Waals surface area contributed by atoms with Crippen LogP contribution in [0.5, 0.6) is 0 Å². The molecule has 1 amide bonds. The molecule has 0 saturated heterocycles. The van der Waals surface area contributed by atoms with Gasteiger partial charge in [-0.1, -0.05) is 29.3 Å². The van der Waals surface area contributed by atoms with Crippen LogP contribution < -0.4 is 5.32 Å². The summed E-state index contributed by atoms with van der Waals surface area (Å²) in [6.45, 7) is 0. The molecule has 0 aliphatic rings. The van der Waals surface area contributed by atoms with E-state index in [0.29, 0.717) is 21.3 Å². The van der Waals surface area contributed by atoms with Crippen LogP contribution in [0.4, 0.5) is 5.69 Å². The summed E-state index contributed by atoms with van der Waals surface area (Å²) in [5.41, 5.74) is 1.83. The Morgan fingerprint density at radius 3 is 2.50 bits per heavy atom. The van der Waals surface area contributed by atoms with Crippen molar-refractivity contribution in [2.45, 2.75) is 6.10 Å². The fourth-order valence-corrected chi connectivity index (χ4v) is 2.53. The van der Waals surface area contributed by atoms with Crippen LogP contribution in [-0.4, -0.2) is 16.0 Å². The molecule has 0 saturated carbocycles. The molecule has 3 N–H and O–H groups in total. The molecule has 0 aliphatic heterocycles. The lowest BCUT2D eigenvalue weighted by Gasteiger charge is -2.11. The van der Waals surface area contributed by atoms with E-state index in [9.17, 15) is 9.90 Å². The zero-order valence-corrected chi connectivity index (χ0v) is 12.8. The Labute approximate surface area is 136 Å². The van der Waals surface area contributed by atoms with Crippen LogP contribution in [0.1, 0.15) is 11.7 Å². The first-order chi connectivity index (χ1) is 10.5. The number of benzene rings is 2. The van der Waals surface area contributed by atoms with Crippen molar-refractivity contribution in [1.82, 2.24) is 4.98 Å². The van der Waals surface area contributed by atoms with Crippen LogP contribution in [-0.2, 0) is 4.79 Å². The number of halogens is 2. The van der Waals surface area contributed by atoms with Gasteiger partial charge in [-0.15, -0.1) is 0 Å². The molecule has 3 aromatic rings. The Morgan fingerprint density at radius 2 is 1.77 bits per heavy atom. The fraction of sp³-hybridized carbons (Fsp3) is 0.0625. The Hall–Kier alpha value is -2.01. The standard InChI is InChI=1S/C16H12Cl2N2O2/c17-9-1-4-11(5-2-9)20-16(22)15(21)13-8-19-14-7-10(18)3-6-12(13)14/h1-8,15,19,21H,(H,20,22). The van der Waals surface area contributed by atoms with Crippen molar-refractivity contribution in [3.63, 3.8) is 0 Å². The quantitative estimate of drug-likeness (QED) is 0.673. The minimum Gasteiger partial charge on any atom is -0.378 e. The van der Waals surface area contributed by atoms with Gasteiger partial charge in [0.2, 0.25) is 0 Å². The number of carbonyl (C=O) groups excluding carboxylic acids is 1. The summed E-state index contributed by atoms with van der Waals surface area (Å²) < 4.78 is 0. The molecule has 0 fully saturated rings. The van der Waals surface area contributed by atoms with Crippen LogP contribution in [0.3, 0.4) is 0 Å². The Bertz CT molecular complexity index is 828. The Kier molecular flexibility index (Phi) is 4.07. The van der Waals surface area contributed by atoms with E-state index in [2.05, 4.69) is 10.3 Å². The van der Waals surface area contributed by atoms with Crippen LogP contribution in [0.25, 0.3) is 10.9 Å². The van der Waals surface area contributed by atoms with E-state index in [1.165, 1.54) is 0 Å². The summed E-state index contributed by atoms with van der Waals surface area (Å²) in [5.74, 6) is -0.516. The number of carbonyl (C=O) groups is 1. The molecule has 2 aromatic carbocycles.